The van der Waals surface area contributed by atoms with Gasteiger partial charge in [0.15, 0.2) is 0 Å². The highest BCUT2D eigenvalue weighted by Crippen LogP contribution is 2.25. The van der Waals surface area contributed by atoms with E-state index in [0.29, 0.717) is 35.4 Å². The van der Waals surface area contributed by atoms with Gasteiger partial charge in [-0.25, -0.2) is 0 Å². The van der Waals surface area contributed by atoms with Crippen molar-refractivity contribution in [2.75, 3.05) is 13.1 Å². The first-order valence-corrected chi connectivity index (χ1v) is 9.55. The number of likely N-dealkylation sites (tertiary alicyclic amines) is 1. The van der Waals surface area contributed by atoms with E-state index in [1.54, 1.807) is 11.0 Å². The summed E-state index contributed by atoms with van der Waals surface area (Å²) in [6.45, 7) is 3.01. The Morgan fingerprint density at radius 3 is 2.81 bits per heavy atom. The van der Waals surface area contributed by atoms with Gasteiger partial charge in [0.1, 0.15) is 0 Å². The number of aromatic nitrogens is 1. The number of fused-ring (bicyclic) bond motifs is 1. The van der Waals surface area contributed by atoms with Crippen LogP contribution < -0.4 is 5.32 Å². The van der Waals surface area contributed by atoms with Crippen LogP contribution >= 0.6 is 11.6 Å². The van der Waals surface area contributed by atoms with E-state index in [1.807, 2.05) is 25.1 Å². The molecule has 2 aliphatic rings. The van der Waals surface area contributed by atoms with Crippen molar-refractivity contribution in [1.82, 2.24) is 15.2 Å². The quantitative estimate of drug-likeness (QED) is 0.900. The number of rotatable bonds is 3. The van der Waals surface area contributed by atoms with E-state index >= 15 is 0 Å². The Morgan fingerprint density at radius 1 is 1.23 bits per heavy atom. The summed E-state index contributed by atoms with van der Waals surface area (Å²) in [5.74, 6) is -0.0811. The molecule has 4 rings (SSSR count). The number of aryl methyl sites for hydroxylation is 1. The van der Waals surface area contributed by atoms with Crippen molar-refractivity contribution in [1.29, 1.82) is 0 Å². The molecule has 1 N–H and O–H groups in total. The second-order valence-electron chi connectivity index (χ2n) is 7.33. The van der Waals surface area contributed by atoms with Crippen molar-refractivity contribution in [2.45, 2.75) is 38.6 Å². The number of carbonyl (C=O) groups excluding carboxylic acids is 2. The Kier molecular flexibility index (Phi) is 4.57. The molecule has 26 heavy (non-hydrogen) atoms. The predicted octanol–water partition coefficient (Wildman–Crippen LogP) is 3.33. The predicted molar refractivity (Wildman–Crippen MR) is 101 cm³/mol. The van der Waals surface area contributed by atoms with Crippen LogP contribution in [0.5, 0.6) is 0 Å². The Hall–Kier alpha value is -2.14. The monoisotopic (exact) mass is 371 g/mol. The fourth-order valence-corrected chi connectivity index (χ4v) is 3.73. The van der Waals surface area contributed by atoms with E-state index in [2.05, 4.69) is 10.3 Å². The van der Waals surface area contributed by atoms with Gasteiger partial charge in [-0.2, -0.15) is 0 Å². The van der Waals surface area contributed by atoms with Gasteiger partial charge in [0.05, 0.1) is 22.7 Å². The second-order valence-corrected chi connectivity index (χ2v) is 7.77. The lowest BCUT2D eigenvalue weighted by molar-refractivity contribution is -0.126. The van der Waals surface area contributed by atoms with Crippen LogP contribution in [0.2, 0.25) is 5.02 Å². The fourth-order valence-electron chi connectivity index (χ4n) is 3.55. The molecular formula is C20H22ClN3O2. The Labute approximate surface area is 157 Å². The minimum Gasteiger partial charge on any atom is -0.353 e. The Bertz CT molecular complexity index is 879. The molecule has 1 saturated carbocycles. The zero-order chi connectivity index (χ0) is 18.3. The fraction of sp³-hybridized carbons (Fsp3) is 0.450. The third-order valence-electron chi connectivity index (χ3n) is 5.20. The van der Waals surface area contributed by atoms with E-state index in [4.69, 9.17) is 11.6 Å². The van der Waals surface area contributed by atoms with Gasteiger partial charge in [0, 0.05) is 29.5 Å². The summed E-state index contributed by atoms with van der Waals surface area (Å²) in [5.41, 5.74) is 2.11. The first kappa shape index (κ1) is 17.3. The SMILES string of the molecule is Cc1nc2ccc(Cl)cc2cc1C(=O)N1CCCC(C(=O)NC2CC2)C1. The summed E-state index contributed by atoms with van der Waals surface area (Å²) in [6, 6.07) is 7.69. The first-order valence-electron chi connectivity index (χ1n) is 9.18. The average Bonchev–Trinajstić information content (AvgIpc) is 3.45. The Balaban J connectivity index is 1.55. The number of carbonyl (C=O) groups is 2. The van der Waals surface area contributed by atoms with Gasteiger partial charge in [0.25, 0.3) is 5.91 Å². The molecule has 2 aromatic rings. The van der Waals surface area contributed by atoms with Crippen molar-refractivity contribution in [3.63, 3.8) is 0 Å². The molecule has 0 spiro atoms. The molecule has 2 amide bonds. The van der Waals surface area contributed by atoms with Crippen LogP contribution in [-0.4, -0.2) is 40.8 Å². The van der Waals surface area contributed by atoms with E-state index in [0.717, 1.165) is 36.6 Å². The van der Waals surface area contributed by atoms with Crippen LogP contribution in [-0.2, 0) is 4.79 Å². The molecule has 1 aliphatic heterocycles. The normalized spacial score (nSPS) is 20.2. The zero-order valence-corrected chi connectivity index (χ0v) is 15.6. The molecule has 136 valence electrons. The number of halogens is 1. The first-order chi connectivity index (χ1) is 12.5. The molecule has 0 bridgehead atoms. The molecule has 2 fully saturated rings. The van der Waals surface area contributed by atoms with E-state index in [9.17, 15) is 9.59 Å². The maximum atomic E-state index is 13.1. The summed E-state index contributed by atoms with van der Waals surface area (Å²) >= 11 is 6.07. The average molecular weight is 372 g/mol. The van der Waals surface area contributed by atoms with Gasteiger partial charge in [0.2, 0.25) is 5.91 Å². The maximum Gasteiger partial charge on any atom is 0.255 e. The van der Waals surface area contributed by atoms with Crippen molar-refractivity contribution >= 4 is 34.3 Å². The number of nitrogens with one attached hydrogen (secondary N) is 1. The molecule has 0 radical (unpaired) electrons. The molecule has 1 aromatic carbocycles. The van der Waals surface area contributed by atoms with Crippen LogP contribution in [0.4, 0.5) is 0 Å². The lowest BCUT2D eigenvalue weighted by atomic mass is 9.96. The van der Waals surface area contributed by atoms with Gasteiger partial charge in [-0.3, -0.25) is 14.6 Å². The molecule has 6 heteroatoms. The number of benzene rings is 1. The number of hydrogen-bond acceptors (Lipinski definition) is 3. The smallest absolute Gasteiger partial charge is 0.255 e. The molecule has 1 saturated heterocycles. The maximum absolute atomic E-state index is 13.1. The number of pyridine rings is 1. The van der Waals surface area contributed by atoms with Gasteiger partial charge >= 0.3 is 0 Å². The highest BCUT2D eigenvalue weighted by molar-refractivity contribution is 6.31. The molecular weight excluding hydrogens is 350 g/mol. The highest BCUT2D eigenvalue weighted by atomic mass is 35.5. The van der Waals surface area contributed by atoms with Gasteiger partial charge < -0.3 is 10.2 Å². The summed E-state index contributed by atoms with van der Waals surface area (Å²) in [7, 11) is 0. The summed E-state index contributed by atoms with van der Waals surface area (Å²) in [4.78, 5) is 31.8. The molecule has 1 aliphatic carbocycles. The summed E-state index contributed by atoms with van der Waals surface area (Å²) in [5, 5.41) is 4.54. The molecule has 2 heterocycles. The minimum atomic E-state index is -0.114. The highest BCUT2D eigenvalue weighted by Gasteiger charge is 2.32. The zero-order valence-electron chi connectivity index (χ0n) is 14.8. The standard InChI is InChI=1S/C20H22ClN3O2/c1-12-17(10-14-9-15(21)4-7-18(14)22-12)20(26)24-8-2-3-13(11-24)19(25)23-16-5-6-16/h4,7,9-10,13,16H,2-3,5-6,8,11H2,1H3,(H,23,25). The third-order valence-corrected chi connectivity index (χ3v) is 5.44. The third kappa shape index (κ3) is 3.54. The minimum absolute atomic E-state index is 0.0548. The largest absolute Gasteiger partial charge is 0.353 e. The van der Waals surface area contributed by atoms with Crippen LogP contribution in [0.25, 0.3) is 10.9 Å². The van der Waals surface area contributed by atoms with Crippen molar-refractivity contribution in [3.8, 4) is 0 Å². The lowest BCUT2D eigenvalue weighted by Gasteiger charge is -2.32. The Morgan fingerprint density at radius 2 is 2.04 bits per heavy atom. The second kappa shape index (κ2) is 6.88. The van der Waals surface area contributed by atoms with Crippen LogP contribution in [0.15, 0.2) is 24.3 Å². The van der Waals surface area contributed by atoms with Crippen LogP contribution in [0, 0.1) is 12.8 Å². The summed E-state index contributed by atoms with van der Waals surface area (Å²) < 4.78 is 0. The van der Waals surface area contributed by atoms with Gasteiger partial charge in [-0.15, -0.1) is 0 Å². The van der Waals surface area contributed by atoms with E-state index < -0.39 is 0 Å². The summed E-state index contributed by atoms with van der Waals surface area (Å²) in [6.07, 6.45) is 3.84. The van der Waals surface area contributed by atoms with Crippen molar-refractivity contribution in [2.24, 2.45) is 5.92 Å². The number of amides is 2. The van der Waals surface area contributed by atoms with Gasteiger partial charge in [-0.1, -0.05) is 11.6 Å². The molecule has 1 unspecified atom stereocenters. The van der Waals surface area contributed by atoms with Crippen molar-refractivity contribution in [3.05, 3.63) is 40.5 Å². The van der Waals surface area contributed by atoms with Crippen LogP contribution in [0.1, 0.15) is 41.7 Å². The van der Waals surface area contributed by atoms with Gasteiger partial charge in [-0.05, 0) is 56.9 Å². The van der Waals surface area contributed by atoms with E-state index in [-0.39, 0.29) is 17.7 Å². The molecule has 1 atom stereocenters. The number of nitrogens with zero attached hydrogens (tertiary/aromatic N) is 2. The van der Waals surface area contributed by atoms with Crippen molar-refractivity contribution < 1.29 is 9.59 Å². The van der Waals surface area contributed by atoms with E-state index in [1.165, 1.54) is 0 Å². The number of piperidine rings is 1. The molecule has 1 aromatic heterocycles. The van der Waals surface area contributed by atoms with Crippen LogP contribution in [0.3, 0.4) is 0 Å². The lowest BCUT2D eigenvalue weighted by Crippen LogP contribution is -2.46. The molecule has 5 nitrogen and oxygen atoms in total. The topological polar surface area (TPSA) is 62.3 Å². The number of hydrogen-bond donors (Lipinski definition) is 1.